The Morgan fingerprint density at radius 2 is 1.84 bits per heavy atom. The second-order valence-electron chi connectivity index (χ2n) is 7.85. The largest absolute Gasteiger partial charge is 0.486 e. The third-order valence-corrected chi connectivity index (χ3v) is 5.77. The minimum absolute atomic E-state index is 0.291. The van der Waals surface area contributed by atoms with Gasteiger partial charge in [-0.05, 0) is 47.4 Å². The maximum Gasteiger partial charge on any atom is 0.325 e. The predicted molar refractivity (Wildman–Crippen MR) is 118 cm³/mol. The van der Waals surface area contributed by atoms with Crippen molar-refractivity contribution in [2.24, 2.45) is 0 Å². The molecule has 0 radical (unpaired) electrons. The molecule has 0 saturated heterocycles. The summed E-state index contributed by atoms with van der Waals surface area (Å²) in [6.07, 6.45) is 0.815. The molecule has 156 valence electrons. The fourth-order valence-corrected chi connectivity index (χ4v) is 4.27. The van der Waals surface area contributed by atoms with Crippen molar-refractivity contribution < 1.29 is 19.1 Å². The molecule has 0 aliphatic carbocycles. The molecule has 0 spiro atoms. The number of benzene rings is 3. The first-order chi connectivity index (χ1) is 15.2. The molecular weight excluding hydrogens is 390 g/mol. The van der Waals surface area contributed by atoms with Crippen molar-refractivity contribution in [1.82, 2.24) is 4.90 Å². The van der Waals surface area contributed by atoms with Gasteiger partial charge in [-0.15, -0.1) is 0 Å². The molecule has 1 N–H and O–H groups in total. The molecule has 0 fully saturated rings. The topological polar surface area (TPSA) is 62.9 Å². The van der Waals surface area contributed by atoms with Crippen LogP contribution in [0.25, 0.3) is 11.0 Å². The van der Waals surface area contributed by atoms with E-state index >= 15 is 0 Å². The quantitative estimate of drug-likeness (QED) is 0.471. The molecule has 0 amide bonds. The van der Waals surface area contributed by atoms with Crippen LogP contribution in [0.2, 0.25) is 0 Å². The molecule has 4 aromatic rings. The lowest BCUT2D eigenvalue weighted by Crippen LogP contribution is -2.39. The molecule has 1 aliphatic rings. The number of carboxylic acids is 1. The third-order valence-electron chi connectivity index (χ3n) is 5.77. The Morgan fingerprint density at radius 1 is 1.03 bits per heavy atom. The van der Waals surface area contributed by atoms with Crippen molar-refractivity contribution >= 4 is 16.9 Å². The Balaban J connectivity index is 1.37. The summed E-state index contributed by atoms with van der Waals surface area (Å²) in [5.41, 5.74) is 3.80. The maximum atomic E-state index is 12.2. The number of rotatable bonds is 6. The number of hydrogen-bond acceptors (Lipinski definition) is 4. The number of para-hydroxylation sites is 1. The zero-order valence-electron chi connectivity index (χ0n) is 17.0. The first kappa shape index (κ1) is 19.4. The number of aliphatic carboxylic acids is 1. The van der Waals surface area contributed by atoms with Crippen molar-refractivity contribution in [2.75, 3.05) is 6.54 Å². The second-order valence-corrected chi connectivity index (χ2v) is 7.85. The molecule has 1 aliphatic heterocycles. The van der Waals surface area contributed by atoms with Gasteiger partial charge in [0.2, 0.25) is 0 Å². The first-order valence-electron chi connectivity index (χ1n) is 10.4. The van der Waals surface area contributed by atoms with Gasteiger partial charge in [0.15, 0.2) is 0 Å². The molecule has 2 heterocycles. The standard InChI is InChI=1S/C26H23NO4/c28-26(29)25-23-15-21(30-17-22-14-20-8-4-5-9-24(20)31-22)11-10-19(23)12-13-27(25)16-18-6-2-1-3-7-18/h1-11,14-15,25H,12-13,16-17H2,(H,28,29). The van der Waals surface area contributed by atoms with Crippen LogP contribution in [-0.2, 0) is 24.4 Å². The van der Waals surface area contributed by atoms with Crippen LogP contribution in [0.4, 0.5) is 0 Å². The van der Waals surface area contributed by atoms with Crippen LogP contribution in [-0.4, -0.2) is 22.5 Å². The van der Waals surface area contributed by atoms with E-state index < -0.39 is 12.0 Å². The van der Waals surface area contributed by atoms with Gasteiger partial charge in [0.25, 0.3) is 0 Å². The van der Waals surface area contributed by atoms with E-state index in [0.717, 1.165) is 39.8 Å². The smallest absolute Gasteiger partial charge is 0.325 e. The Kier molecular flexibility index (Phi) is 5.18. The van der Waals surface area contributed by atoms with Crippen LogP contribution < -0.4 is 4.74 Å². The Bertz CT molecular complexity index is 1180. The summed E-state index contributed by atoms with van der Waals surface area (Å²) in [5, 5.41) is 11.1. The molecule has 1 atom stereocenters. The number of fused-ring (bicyclic) bond motifs is 2. The van der Waals surface area contributed by atoms with Crippen molar-refractivity contribution in [1.29, 1.82) is 0 Å². The lowest BCUT2D eigenvalue weighted by Gasteiger charge is -2.35. The number of furan rings is 1. The van der Waals surface area contributed by atoms with Crippen LogP contribution in [0.5, 0.6) is 5.75 Å². The second kappa shape index (κ2) is 8.28. The molecule has 0 saturated carbocycles. The molecule has 5 nitrogen and oxygen atoms in total. The van der Waals surface area contributed by atoms with Crippen LogP contribution >= 0.6 is 0 Å². The van der Waals surface area contributed by atoms with Crippen molar-refractivity contribution in [3.63, 3.8) is 0 Å². The highest BCUT2D eigenvalue weighted by atomic mass is 16.5. The molecule has 1 unspecified atom stereocenters. The number of carboxylic acid groups (broad SMARTS) is 1. The highest BCUT2D eigenvalue weighted by Gasteiger charge is 2.33. The summed E-state index contributed by atoms with van der Waals surface area (Å²) in [4.78, 5) is 14.2. The van der Waals surface area contributed by atoms with Gasteiger partial charge in [0.05, 0.1) is 0 Å². The summed E-state index contributed by atoms with van der Waals surface area (Å²) in [6.45, 7) is 1.60. The average Bonchev–Trinajstić information content (AvgIpc) is 3.21. The number of nitrogens with zero attached hydrogens (tertiary/aromatic N) is 1. The Hall–Kier alpha value is -3.57. The van der Waals surface area contributed by atoms with Gasteiger partial charge in [-0.3, -0.25) is 9.69 Å². The molecule has 0 bridgehead atoms. The minimum Gasteiger partial charge on any atom is -0.486 e. The van der Waals surface area contributed by atoms with E-state index in [4.69, 9.17) is 9.15 Å². The van der Waals surface area contributed by atoms with E-state index in [9.17, 15) is 9.90 Å². The fourth-order valence-electron chi connectivity index (χ4n) is 4.27. The summed E-state index contributed by atoms with van der Waals surface area (Å²) in [7, 11) is 0. The Labute approximate surface area is 180 Å². The normalized spacial score (nSPS) is 16.2. The summed E-state index contributed by atoms with van der Waals surface area (Å²) in [5.74, 6) is 0.540. The zero-order chi connectivity index (χ0) is 21.2. The number of hydrogen-bond donors (Lipinski definition) is 1. The van der Waals surface area contributed by atoms with E-state index in [0.29, 0.717) is 25.4 Å². The maximum absolute atomic E-state index is 12.2. The summed E-state index contributed by atoms with van der Waals surface area (Å²) < 4.78 is 11.8. The van der Waals surface area contributed by atoms with Gasteiger partial charge in [0, 0.05) is 18.5 Å². The van der Waals surface area contributed by atoms with E-state index in [1.807, 2.05) is 83.8 Å². The summed E-state index contributed by atoms with van der Waals surface area (Å²) >= 11 is 0. The zero-order valence-corrected chi connectivity index (χ0v) is 17.0. The van der Waals surface area contributed by atoms with Crippen LogP contribution in [0.15, 0.2) is 83.3 Å². The molecule has 31 heavy (non-hydrogen) atoms. The lowest BCUT2D eigenvalue weighted by atomic mass is 9.92. The average molecular weight is 413 g/mol. The molecule has 5 heteroatoms. The summed E-state index contributed by atoms with van der Waals surface area (Å²) in [6, 6.07) is 24.9. The highest BCUT2D eigenvalue weighted by molar-refractivity contribution is 5.78. The molecule has 3 aromatic carbocycles. The van der Waals surface area contributed by atoms with E-state index in [1.54, 1.807) is 0 Å². The lowest BCUT2D eigenvalue weighted by molar-refractivity contribution is -0.144. The number of carbonyl (C=O) groups is 1. The molecule has 1 aromatic heterocycles. The van der Waals surface area contributed by atoms with Gasteiger partial charge in [-0.1, -0.05) is 54.6 Å². The molecule has 5 rings (SSSR count). The Morgan fingerprint density at radius 3 is 2.65 bits per heavy atom. The molecular formula is C26H23NO4. The third kappa shape index (κ3) is 4.05. The van der Waals surface area contributed by atoms with Crippen molar-refractivity contribution in [3.8, 4) is 5.75 Å². The van der Waals surface area contributed by atoms with Crippen LogP contribution in [0, 0.1) is 0 Å². The number of ether oxygens (including phenoxy) is 1. The minimum atomic E-state index is -0.841. The van der Waals surface area contributed by atoms with Gasteiger partial charge in [-0.2, -0.15) is 0 Å². The first-order valence-corrected chi connectivity index (χ1v) is 10.4. The van der Waals surface area contributed by atoms with E-state index in [-0.39, 0.29) is 0 Å². The SMILES string of the molecule is O=C(O)C1c2cc(OCc3cc4ccccc4o3)ccc2CCN1Cc1ccccc1. The van der Waals surface area contributed by atoms with Gasteiger partial charge >= 0.3 is 5.97 Å². The predicted octanol–water partition coefficient (Wildman–Crippen LogP) is 5.20. The van der Waals surface area contributed by atoms with Crippen molar-refractivity contribution in [2.45, 2.75) is 25.6 Å². The van der Waals surface area contributed by atoms with Gasteiger partial charge in [0.1, 0.15) is 29.7 Å². The monoisotopic (exact) mass is 413 g/mol. The fraction of sp³-hybridized carbons (Fsp3) is 0.192. The van der Waals surface area contributed by atoms with E-state index in [2.05, 4.69) is 0 Å². The van der Waals surface area contributed by atoms with Gasteiger partial charge in [-0.25, -0.2) is 0 Å². The van der Waals surface area contributed by atoms with E-state index in [1.165, 1.54) is 0 Å². The van der Waals surface area contributed by atoms with Crippen molar-refractivity contribution in [3.05, 3.63) is 101 Å². The highest BCUT2D eigenvalue weighted by Crippen LogP contribution is 2.34. The van der Waals surface area contributed by atoms with Crippen LogP contribution in [0.1, 0.15) is 28.5 Å². The van der Waals surface area contributed by atoms with Gasteiger partial charge < -0.3 is 14.3 Å². The van der Waals surface area contributed by atoms with Crippen LogP contribution in [0.3, 0.4) is 0 Å².